The summed E-state index contributed by atoms with van der Waals surface area (Å²) in [6.45, 7) is 4.15. The first-order valence-corrected chi connectivity index (χ1v) is 8.93. The number of aromatic nitrogens is 2. The second-order valence-electron chi connectivity index (χ2n) is 6.71. The molecule has 1 aromatic carbocycles. The van der Waals surface area contributed by atoms with Crippen molar-refractivity contribution in [3.63, 3.8) is 0 Å². The van der Waals surface area contributed by atoms with Crippen molar-refractivity contribution in [1.82, 2.24) is 15.3 Å². The van der Waals surface area contributed by atoms with Crippen molar-refractivity contribution in [2.24, 2.45) is 0 Å². The molecule has 0 aliphatic carbocycles. The Labute approximate surface area is 153 Å². The Kier molecular flexibility index (Phi) is 4.90. The molecule has 0 spiro atoms. The van der Waals surface area contributed by atoms with Crippen LogP contribution in [-0.4, -0.2) is 49.1 Å². The highest BCUT2D eigenvalue weighted by Gasteiger charge is 2.33. The molecule has 1 N–H and O–H groups in total. The quantitative estimate of drug-likeness (QED) is 0.850. The molecule has 138 valence electrons. The maximum absolute atomic E-state index is 5.59. The smallest absolute Gasteiger partial charge is 0.231 e. The highest BCUT2D eigenvalue weighted by Crippen LogP contribution is 2.34. The van der Waals surface area contributed by atoms with E-state index in [1.54, 1.807) is 19.6 Å². The van der Waals surface area contributed by atoms with Crippen LogP contribution in [-0.2, 0) is 4.74 Å². The van der Waals surface area contributed by atoms with E-state index in [-0.39, 0.29) is 12.1 Å². The minimum absolute atomic E-state index is 0.207. The second kappa shape index (κ2) is 7.47. The van der Waals surface area contributed by atoms with Crippen LogP contribution >= 0.6 is 0 Å². The minimum atomic E-state index is 0.207. The van der Waals surface area contributed by atoms with Crippen LogP contribution in [0, 0.1) is 0 Å². The summed E-state index contributed by atoms with van der Waals surface area (Å²) in [6.07, 6.45) is 4.57. The van der Waals surface area contributed by atoms with Gasteiger partial charge in [-0.05, 0) is 37.1 Å². The first-order chi connectivity index (χ1) is 12.7. The van der Waals surface area contributed by atoms with E-state index >= 15 is 0 Å². The molecule has 0 amide bonds. The van der Waals surface area contributed by atoms with Gasteiger partial charge in [0.1, 0.15) is 12.1 Å². The topological polar surface area (TPSA) is 68.7 Å². The standard InChI is InChI=1S/C19H24N4O3/c1-13(14-3-4-17-18(7-14)26-12-25-17)21-9-15-8-16(24-2)10-23(15)19-5-6-20-11-22-19/h3-7,11,13,15-16,21H,8-10,12H2,1-2H3/t13?,15-,16-/m1/s1. The van der Waals surface area contributed by atoms with Crippen molar-refractivity contribution < 1.29 is 14.2 Å². The van der Waals surface area contributed by atoms with E-state index in [2.05, 4.69) is 39.2 Å². The van der Waals surface area contributed by atoms with Gasteiger partial charge in [0.2, 0.25) is 6.79 Å². The number of nitrogens with zero attached hydrogens (tertiary/aromatic N) is 3. The van der Waals surface area contributed by atoms with E-state index in [0.717, 1.165) is 36.8 Å². The zero-order valence-corrected chi connectivity index (χ0v) is 15.1. The predicted molar refractivity (Wildman–Crippen MR) is 97.6 cm³/mol. The van der Waals surface area contributed by atoms with Crippen molar-refractivity contribution in [3.05, 3.63) is 42.4 Å². The van der Waals surface area contributed by atoms with E-state index in [4.69, 9.17) is 14.2 Å². The molecule has 1 aromatic heterocycles. The molecular weight excluding hydrogens is 332 g/mol. The number of anilines is 1. The van der Waals surface area contributed by atoms with Gasteiger partial charge in [-0.1, -0.05) is 6.07 Å². The molecule has 0 radical (unpaired) electrons. The molecule has 7 heteroatoms. The van der Waals surface area contributed by atoms with Crippen molar-refractivity contribution in [3.8, 4) is 11.5 Å². The lowest BCUT2D eigenvalue weighted by molar-refractivity contribution is 0.118. The maximum atomic E-state index is 5.59. The summed E-state index contributed by atoms with van der Waals surface area (Å²) in [6, 6.07) is 8.59. The van der Waals surface area contributed by atoms with Gasteiger partial charge >= 0.3 is 0 Å². The number of fused-ring (bicyclic) bond motifs is 1. The summed E-state index contributed by atoms with van der Waals surface area (Å²) >= 11 is 0. The fourth-order valence-electron chi connectivity index (χ4n) is 3.59. The maximum Gasteiger partial charge on any atom is 0.231 e. The van der Waals surface area contributed by atoms with E-state index in [1.165, 1.54) is 5.56 Å². The monoisotopic (exact) mass is 356 g/mol. The number of hydrogen-bond acceptors (Lipinski definition) is 7. The van der Waals surface area contributed by atoms with E-state index < -0.39 is 0 Å². The Hall–Kier alpha value is -2.38. The SMILES string of the molecule is CO[C@@H]1C[C@H](CNC(C)c2ccc3c(c2)OCO3)N(c2ccncn2)C1. The Balaban J connectivity index is 1.42. The van der Waals surface area contributed by atoms with Crippen LogP contribution in [0.4, 0.5) is 5.82 Å². The van der Waals surface area contributed by atoms with Gasteiger partial charge in [-0.2, -0.15) is 0 Å². The molecule has 0 bridgehead atoms. The summed E-state index contributed by atoms with van der Waals surface area (Å²) in [4.78, 5) is 10.7. The van der Waals surface area contributed by atoms with Crippen LogP contribution in [0.2, 0.25) is 0 Å². The third kappa shape index (κ3) is 3.45. The molecule has 1 unspecified atom stereocenters. The molecular formula is C19H24N4O3. The van der Waals surface area contributed by atoms with Crippen LogP contribution in [0.5, 0.6) is 11.5 Å². The van der Waals surface area contributed by atoms with Crippen molar-refractivity contribution >= 4 is 5.82 Å². The van der Waals surface area contributed by atoms with E-state index in [0.29, 0.717) is 12.8 Å². The summed E-state index contributed by atoms with van der Waals surface area (Å²) in [5.74, 6) is 2.58. The number of ether oxygens (including phenoxy) is 3. The molecule has 2 aliphatic rings. The van der Waals surface area contributed by atoms with Gasteiger partial charge in [0.25, 0.3) is 0 Å². The zero-order valence-electron chi connectivity index (χ0n) is 15.1. The van der Waals surface area contributed by atoms with Crippen LogP contribution in [0.15, 0.2) is 36.8 Å². The number of nitrogens with one attached hydrogen (secondary N) is 1. The van der Waals surface area contributed by atoms with Gasteiger partial charge in [0, 0.05) is 38.5 Å². The second-order valence-corrected chi connectivity index (χ2v) is 6.71. The summed E-state index contributed by atoms with van der Waals surface area (Å²) in [5, 5.41) is 3.64. The number of hydrogen-bond donors (Lipinski definition) is 1. The molecule has 1 fully saturated rings. The van der Waals surface area contributed by atoms with E-state index in [9.17, 15) is 0 Å². The number of rotatable bonds is 6. The van der Waals surface area contributed by atoms with Gasteiger partial charge in [-0.15, -0.1) is 0 Å². The summed E-state index contributed by atoms with van der Waals surface area (Å²) in [5.41, 5.74) is 1.18. The Bertz CT molecular complexity index is 743. The van der Waals surface area contributed by atoms with Crippen LogP contribution in [0.25, 0.3) is 0 Å². The van der Waals surface area contributed by atoms with Gasteiger partial charge in [-0.25, -0.2) is 9.97 Å². The van der Waals surface area contributed by atoms with Gasteiger partial charge in [0.15, 0.2) is 11.5 Å². The number of methoxy groups -OCH3 is 1. The van der Waals surface area contributed by atoms with E-state index in [1.807, 2.05) is 12.1 Å². The fraction of sp³-hybridized carbons (Fsp3) is 0.474. The molecule has 26 heavy (non-hydrogen) atoms. The molecule has 1 saturated heterocycles. The molecule has 7 nitrogen and oxygen atoms in total. The molecule has 2 aliphatic heterocycles. The third-order valence-corrected chi connectivity index (χ3v) is 5.13. The largest absolute Gasteiger partial charge is 0.454 e. The van der Waals surface area contributed by atoms with Gasteiger partial charge < -0.3 is 24.4 Å². The molecule has 3 atom stereocenters. The average Bonchev–Trinajstić information content (AvgIpc) is 3.32. The molecule has 0 saturated carbocycles. The molecule has 4 rings (SSSR count). The normalized spacial score (nSPS) is 22.6. The predicted octanol–water partition coefficient (Wildman–Crippen LogP) is 2.15. The Morgan fingerprint density at radius 1 is 1.31 bits per heavy atom. The summed E-state index contributed by atoms with van der Waals surface area (Å²) in [7, 11) is 1.77. The molecule has 3 heterocycles. The molecule has 2 aromatic rings. The summed E-state index contributed by atoms with van der Waals surface area (Å²) < 4.78 is 16.5. The highest BCUT2D eigenvalue weighted by atomic mass is 16.7. The lowest BCUT2D eigenvalue weighted by Crippen LogP contribution is -2.39. The Morgan fingerprint density at radius 2 is 2.19 bits per heavy atom. The fourth-order valence-corrected chi connectivity index (χ4v) is 3.59. The number of benzene rings is 1. The van der Waals surface area contributed by atoms with Crippen molar-refractivity contribution in [1.29, 1.82) is 0 Å². The average molecular weight is 356 g/mol. The van der Waals surface area contributed by atoms with Crippen molar-refractivity contribution in [2.45, 2.75) is 31.5 Å². The third-order valence-electron chi connectivity index (χ3n) is 5.13. The Morgan fingerprint density at radius 3 is 3.00 bits per heavy atom. The first-order valence-electron chi connectivity index (χ1n) is 8.93. The van der Waals surface area contributed by atoms with Crippen molar-refractivity contribution in [2.75, 3.05) is 31.9 Å². The zero-order chi connectivity index (χ0) is 17.9. The van der Waals surface area contributed by atoms with Gasteiger partial charge in [-0.3, -0.25) is 0 Å². The van der Waals surface area contributed by atoms with Gasteiger partial charge in [0.05, 0.1) is 6.10 Å². The van der Waals surface area contributed by atoms with Crippen LogP contribution in [0.1, 0.15) is 24.9 Å². The first kappa shape index (κ1) is 17.1. The minimum Gasteiger partial charge on any atom is -0.454 e. The van der Waals surface area contributed by atoms with Crippen LogP contribution < -0.4 is 19.7 Å². The lowest BCUT2D eigenvalue weighted by atomic mass is 10.1. The lowest BCUT2D eigenvalue weighted by Gasteiger charge is -2.27. The highest BCUT2D eigenvalue weighted by molar-refractivity contribution is 5.45. The van der Waals surface area contributed by atoms with Crippen LogP contribution in [0.3, 0.4) is 0 Å².